The number of para-hydroxylation sites is 1. The van der Waals surface area contributed by atoms with Crippen LogP contribution in [-0.2, 0) is 0 Å². The highest BCUT2D eigenvalue weighted by Crippen LogP contribution is 2.05. The first kappa shape index (κ1) is 14.0. The summed E-state index contributed by atoms with van der Waals surface area (Å²) >= 11 is 0. The van der Waals surface area contributed by atoms with Crippen molar-refractivity contribution in [1.29, 1.82) is 0 Å². The second-order valence-corrected chi connectivity index (χ2v) is 4.49. The minimum absolute atomic E-state index is 1.06. The van der Waals surface area contributed by atoms with Gasteiger partial charge in [-0.2, -0.15) is 0 Å². The van der Waals surface area contributed by atoms with E-state index in [0.29, 0.717) is 0 Å². The third-order valence-corrected chi connectivity index (χ3v) is 2.83. The zero-order valence-corrected chi connectivity index (χ0v) is 11.3. The molecule has 0 atom stereocenters. The SMILES string of the molecule is CCCN(CCC)CCCNc1ccccc1. The lowest BCUT2D eigenvalue weighted by Crippen LogP contribution is -2.27. The molecule has 0 aliphatic carbocycles. The monoisotopic (exact) mass is 234 g/mol. The third-order valence-electron chi connectivity index (χ3n) is 2.83. The van der Waals surface area contributed by atoms with Crippen molar-refractivity contribution >= 4 is 5.69 Å². The van der Waals surface area contributed by atoms with Gasteiger partial charge in [0.1, 0.15) is 0 Å². The molecule has 96 valence electrons. The molecule has 0 heterocycles. The van der Waals surface area contributed by atoms with Gasteiger partial charge in [0.25, 0.3) is 0 Å². The van der Waals surface area contributed by atoms with Gasteiger partial charge in [-0.15, -0.1) is 0 Å². The zero-order chi connectivity index (χ0) is 12.3. The summed E-state index contributed by atoms with van der Waals surface area (Å²) in [7, 11) is 0. The van der Waals surface area contributed by atoms with Crippen molar-refractivity contribution in [2.45, 2.75) is 33.1 Å². The molecule has 0 saturated carbocycles. The molecule has 0 aliphatic heterocycles. The summed E-state index contributed by atoms with van der Waals surface area (Å²) in [6, 6.07) is 10.4. The average molecular weight is 234 g/mol. The summed E-state index contributed by atoms with van der Waals surface area (Å²) in [5, 5.41) is 3.46. The lowest BCUT2D eigenvalue weighted by molar-refractivity contribution is 0.274. The van der Waals surface area contributed by atoms with Gasteiger partial charge in [0.05, 0.1) is 0 Å². The first-order chi connectivity index (χ1) is 8.36. The van der Waals surface area contributed by atoms with Gasteiger partial charge in [-0.3, -0.25) is 0 Å². The smallest absolute Gasteiger partial charge is 0.0340 e. The number of hydrogen-bond acceptors (Lipinski definition) is 2. The van der Waals surface area contributed by atoms with Crippen LogP contribution in [0.3, 0.4) is 0 Å². The summed E-state index contributed by atoms with van der Waals surface area (Å²) in [4.78, 5) is 2.56. The Morgan fingerprint density at radius 2 is 1.59 bits per heavy atom. The second kappa shape index (κ2) is 9.06. The minimum atomic E-state index is 1.06. The fraction of sp³-hybridized carbons (Fsp3) is 0.600. The Bertz CT molecular complexity index is 266. The highest BCUT2D eigenvalue weighted by Gasteiger charge is 2.01. The van der Waals surface area contributed by atoms with E-state index in [0.717, 1.165) is 6.54 Å². The fourth-order valence-electron chi connectivity index (χ4n) is 2.06. The van der Waals surface area contributed by atoms with E-state index >= 15 is 0 Å². The normalized spacial score (nSPS) is 10.8. The maximum atomic E-state index is 3.46. The van der Waals surface area contributed by atoms with Crippen LogP contribution in [0.1, 0.15) is 33.1 Å². The van der Waals surface area contributed by atoms with Crippen LogP contribution in [-0.4, -0.2) is 31.1 Å². The molecule has 1 rings (SSSR count). The van der Waals surface area contributed by atoms with Gasteiger partial charge in [-0.25, -0.2) is 0 Å². The number of hydrogen-bond donors (Lipinski definition) is 1. The largest absolute Gasteiger partial charge is 0.385 e. The molecule has 2 heteroatoms. The maximum Gasteiger partial charge on any atom is 0.0340 e. The van der Waals surface area contributed by atoms with Gasteiger partial charge < -0.3 is 10.2 Å². The molecule has 0 saturated heterocycles. The Morgan fingerprint density at radius 1 is 0.941 bits per heavy atom. The van der Waals surface area contributed by atoms with Gasteiger partial charge in [0.15, 0.2) is 0 Å². The van der Waals surface area contributed by atoms with Gasteiger partial charge >= 0.3 is 0 Å². The molecule has 0 aromatic heterocycles. The Morgan fingerprint density at radius 3 is 2.18 bits per heavy atom. The van der Waals surface area contributed by atoms with Crippen LogP contribution in [0.2, 0.25) is 0 Å². The molecule has 0 radical (unpaired) electrons. The van der Waals surface area contributed by atoms with E-state index in [1.165, 1.54) is 44.6 Å². The molecule has 0 aliphatic rings. The van der Waals surface area contributed by atoms with E-state index in [2.05, 4.69) is 54.4 Å². The topological polar surface area (TPSA) is 15.3 Å². The summed E-state index contributed by atoms with van der Waals surface area (Å²) in [5.74, 6) is 0. The summed E-state index contributed by atoms with van der Waals surface area (Å²) in [6.45, 7) is 9.25. The average Bonchev–Trinajstić information content (AvgIpc) is 2.36. The fourth-order valence-corrected chi connectivity index (χ4v) is 2.06. The molecule has 2 nitrogen and oxygen atoms in total. The summed E-state index contributed by atoms with van der Waals surface area (Å²) in [5.41, 5.74) is 1.23. The second-order valence-electron chi connectivity index (χ2n) is 4.49. The predicted molar refractivity (Wildman–Crippen MR) is 76.6 cm³/mol. The van der Waals surface area contributed by atoms with Gasteiger partial charge in [0, 0.05) is 12.2 Å². The standard InChI is InChI=1S/C15H26N2/c1-3-12-17(13-4-2)14-8-11-16-15-9-6-5-7-10-15/h5-7,9-10,16H,3-4,8,11-14H2,1-2H3. The van der Waals surface area contributed by atoms with Crippen molar-refractivity contribution in [2.24, 2.45) is 0 Å². The van der Waals surface area contributed by atoms with Crippen molar-refractivity contribution in [3.8, 4) is 0 Å². The van der Waals surface area contributed by atoms with Crippen LogP contribution < -0.4 is 5.32 Å². The van der Waals surface area contributed by atoms with Crippen molar-refractivity contribution in [3.63, 3.8) is 0 Å². The van der Waals surface area contributed by atoms with E-state index in [4.69, 9.17) is 0 Å². The van der Waals surface area contributed by atoms with E-state index in [9.17, 15) is 0 Å². The maximum absolute atomic E-state index is 3.46. The van der Waals surface area contributed by atoms with Crippen LogP contribution in [0.15, 0.2) is 30.3 Å². The van der Waals surface area contributed by atoms with Crippen LogP contribution in [0, 0.1) is 0 Å². The molecule has 1 aromatic rings. The van der Waals surface area contributed by atoms with Crippen molar-refractivity contribution in [3.05, 3.63) is 30.3 Å². The molecular formula is C15H26N2. The lowest BCUT2D eigenvalue weighted by Gasteiger charge is -2.20. The van der Waals surface area contributed by atoms with Gasteiger partial charge in [0.2, 0.25) is 0 Å². The van der Waals surface area contributed by atoms with Crippen molar-refractivity contribution < 1.29 is 0 Å². The Hall–Kier alpha value is -1.02. The predicted octanol–water partition coefficient (Wildman–Crippen LogP) is 3.61. The molecule has 0 unspecified atom stereocenters. The highest BCUT2D eigenvalue weighted by atomic mass is 15.1. The third kappa shape index (κ3) is 6.32. The van der Waals surface area contributed by atoms with Crippen molar-refractivity contribution in [1.82, 2.24) is 4.90 Å². The number of nitrogens with zero attached hydrogens (tertiary/aromatic N) is 1. The van der Waals surface area contributed by atoms with E-state index in [-0.39, 0.29) is 0 Å². The molecule has 0 fully saturated rings. The summed E-state index contributed by atoms with van der Waals surface area (Å²) in [6.07, 6.45) is 3.73. The Balaban J connectivity index is 2.13. The molecule has 17 heavy (non-hydrogen) atoms. The van der Waals surface area contributed by atoms with E-state index < -0.39 is 0 Å². The number of rotatable bonds is 9. The molecule has 1 N–H and O–H groups in total. The summed E-state index contributed by atoms with van der Waals surface area (Å²) < 4.78 is 0. The van der Waals surface area contributed by atoms with Crippen LogP contribution >= 0.6 is 0 Å². The minimum Gasteiger partial charge on any atom is -0.385 e. The molecule has 0 amide bonds. The number of benzene rings is 1. The molecule has 0 spiro atoms. The molecule has 1 aromatic carbocycles. The molecule has 0 bridgehead atoms. The van der Waals surface area contributed by atoms with Gasteiger partial charge in [-0.1, -0.05) is 32.0 Å². The Labute approximate surface area is 106 Å². The number of anilines is 1. The Kier molecular flexibility index (Phi) is 7.48. The van der Waals surface area contributed by atoms with Crippen LogP contribution in [0.4, 0.5) is 5.69 Å². The molecular weight excluding hydrogens is 208 g/mol. The first-order valence-electron chi connectivity index (χ1n) is 6.88. The highest BCUT2D eigenvalue weighted by molar-refractivity contribution is 5.42. The van der Waals surface area contributed by atoms with Crippen LogP contribution in [0.5, 0.6) is 0 Å². The quantitative estimate of drug-likeness (QED) is 0.657. The van der Waals surface area contributed by atoms with E-state index in [1.807, 2.05) is 0 Å². The number of nitrogens with one attached hydrogen (secondary N) is 1. The van der Waals surface area contributed by atoms with Gasteiger partial charge in [-0.05, 0) is 51.0 Å². The van der Waals surface area contributed by atoms with E-state index in [1.54, 1.807) is 0 Å². The lowest BCUT2D eigenvalue weighted by atomic mass is 10.3. The van der Waals surface area contributed by atoms with Crippen molar-refractivity contribution in [2.75, 3.05) is 31.5 Å². The van der Waals surface area contributed by atoms with Crippen LogP contribution in [0.25, 0.3) is 0 Å². The first-order valence-corrected chi connectivity index (χ1v) is 6.88. The zero-order valence-electron chi connectivity index (χ0n) is 11.3.